The number of esters is 1. The van der Waals surface area contributed by atoms with Gasteiger partial charge in [-0.1, -0.05) is 6.07 Å². The number of carbonyl (C=O) groups excluding carboxylic acids is 1. The fourth-order valence-electron chi connectivity index (χ4n) is 0.863. The lowest BCUT2D eigenvalue weighted by atomic mass is 10.2. The molecule has 1 heterocycles. The first-order valence-electron chi connectivity index (χ1n) is 4.05. The van der Waals surface area contributed by atoms with Crippen molar-refractivity contribution < 1.29 is 9.53 Å². The molecule has 4 heteroatoms. The maximum absolute atomic E-state index is 11.2. The second-order valence-electron chi connectivity index (χ2n) is 2.62. The Hall–Kier alpha value is -1.58. The lowest BCUT2D eigenvalue weighted by Gasteiger charge is -2.03. The fourth-order valence-corrected chi connectivity index (χ4v) is 0.863. The monoisotopic (exact) mass is 180 g/mol. The smallest absolute Gasteiger partial charge is 0.356 e. The molecule has 1 aromatic rings. The van der Waals surface area contributed by atoms with Crippen molar-refractivity contribution in [3.63, 3.8) is 0 Å². The minimum atomic E-state index is -0.436. The minimum Gasteiger partial charge on any atom is -0.461 e. The number of rotatable bonds is 2. The zero-order valence-corrected chi connectivity index (χ0v) is 7.70. The van der Waals surface area contributed by atoms with Crippen LogP contribution in [0.15, 0.2) is 12.1 Å². The van der Waals surface area contributed by atoms with Crippen LogP contribution in [0.2, 0.25) is 0 Å². The molecule has 0 unspecified atom stereocenters. The molecule has 0 aliphatic heterocycles. The molecule has 1 rings (SSSR count). The number of ether oxygens (including phenoxy) is 1. The van der Waals surface area contributed by atoms with E-state index in [1.54, 1.807) is 19.1 Å². The minimum absolute atomic E-state index is 0.255. The lowest BCUT2D eigenvalue weighted by molar-refractivity contribution is 0.0519. The third-order valence-electron chi connectivity index (χ3n) is 1.62. The summed E-state index contributed by atoms with van der Waals surface area (Å²) in [6.45, 7) is 3.92. The number of aryl methyl sites for hydroxylation is 1. The second kappa shape index (κ2) is 3.89. The van der Waals surface area contributed by atoms with Crippen LogP contribution >= 0.6 is 0 Å². The number of carbonyl (C=O) groups is 1. The molecule has 0 aliphatic carbocycles. The molecule has 0 saturated heterocycles. The summed E-state index contributed by atoms with van der Waals surface area (Å²) in [6.07, 6.45) is 0. The average Bonchev–Trinajstić information content (AvgIpc) is 2.10. The number of anilines is 1. The van der Waals surface area contributed by atoms with Gasteiger partial charge in [-0.3, -0.25) is 0 Å². The van der Waals surface area contributed by atoms with Crippen molar-refractivity contribution >= 4 is 11.8 Å². The standard InChI is InChI=1S/C9H12N2O2/c1-3-13-9(12)7-5-4-6(2)8(10)11-7/h4-5H,3H2,1-2H3,(H2,10,11). The van der Waals surface area contributed by atoms with E-state index < -0.39 is 5.97 Å². The van der Waals surface area contributed by atoms with Crippen LogP contribution in [0.5, 0.6) is 0 Å². The first kappa shape index (κ1) is 9.51. The zero-order valence-electron chi connectivity index (χ0n) is 7.70. The van der Waals surface area contributed by atoms with Crippen LogP contribution in [0, 0.1) is 6.92 Å². The van der Waals surface area contributed by atoms with Crippen LogP contribution in [0.25, 0.3) is 0 Å². The van der Waals surface area contributed by atoms with Gasteiger partial charge in [0.25, 0.3) is 0 Å². The highest BCUT2D eigenvalue weighted by molar-refractivity contribution is 5.87. The van der Waals surface area contributed by atoms with Gasteiger partial charge in [-0.25, -0.2) is 9.78 Å². The Labute approximate surface area is 76.7 Å². The summed E-state index contributed by atoms with van der Waals surface area (Å²) in [4.78, 5) is 15.1. The Bertz CT molecular complexity index is 323. The number of nitrogens with zero attached hydrogens (tertiary/aromatic N) is 1. The van der Waals surface area contributed by atoms with Gasteiger partial charge >= 0.3 is 5.97 Å². The summed E-state index contributed by atoms with van der Waals surface area (Å²) in [5.41, 5.74) is 6.64. The average molecular weight is 180 g/mol. The summed E-state index contributed by atoms with van der Waals surface area (Å²) < 4.78 is 4.77. The van der Waals surface area contributed by atoms with Crippen molar-refractivity contribution in [2.45, 2.75) is 13.8 Å². The number of hydrogen-bond donors (Lipinski definition) is 1. The second-order valence-corrected chi connectivity index (χ2v) is 2.62. The molecule has 0 fully saturated rings. The van der Waals surface area contributed by atoms with Crippen molar-refractivity contribution in [2.24, 2.45) is 0 Å². The van der Waals surface area contributed by atoms with Gasteiger partial charge in [0.2, 0.25) is 0 Å². The molecule has 13 heavy (non-hydrogen) atoms. The van der Waals surface area contributed by atoms with Gasteiger partial charge in [0.15, 0.2) is 5.69 Å². The van der Waals surface area contributed by atoms with Gasteiger partial charge in [0.05, 0.1) is 6.61 Å². The Kier molecular flexibility index (Phi) is 2.84. The quantitative estimate of drug-likeness (QED) is 0.693. The number of pyridine rings is 1. The summed E-state index contributed by atoms with van der Waals surface area (Å²) >= 11 is 0. The van der Waals surface area contributed by atoms with Gasteiger partial charge < -0.3 is 10.5 Å². The van der Waals surface area contributed by atoms with E-state index in [2.05, 4.69) is 4.98 Å². The number of nitrogen functional groups attached to an aromatic ring is 1. The zero-order chi connectivity index (χ0) is 9.84. The lowest BCUT2D eigenvalue weighted by Crippen LogP contribution is -2.08. The highest BCUT2D eigenvalue weighted by Crippen LogP contribution is 2.08. The maximum Gasteiger partial charge on any atom is 0.356 e. The summed E-state index contributed by atoms with van der Waals surface area (Å²) in [7, 11) is 0. The summed E-state index contributed by atoms with van der Waals surface area (Å²) in [5.74, 6) is -0.0697. The third-order valence-corrected chi connectivity index (χ3v) is 1.62. The molecule has 0 amide bonds. The molecule has 4 nitrogen and oxygen atoms in total. The van der Waals surface area contributed by atoms with E-state index in [4.69, 9.17) is 10.5 Å². The molecule has 0 aromatic carbocycles. The molecule has 70 valence electrons. The van der Waals surface area contributed by atoms with E-state index in [0.717, 1.165) is 5.56 Å². The maximum atomic E-state index is 11.2. The van der Waals surface area contributed by atoms with Gasteiger partial charge in [-0.05, 0) is 25.5 Å². The molecular weight excluding hydrogens is 168 g/mol. The summed E-state index contributed by atoms with van der Waals surface area (Å²) in [5, 5.41) is 0. The molecule has 0 radical (unpaired) electrons. The van der Waals surface area contributed by atoms with E-state index >= 15 is 0 Å². The predicted molar refractivity (Wildman–Crippen MR) is 49.3 cm³/mol. The van der Waals surface area contributed by atoms with Crippen molar-refractivity contribution in [1.82, 2.24) is 4.98 Å². The van der Waals surface area contributed by atoms with Crippen LogP contribution in [-0.4, -0.2) is 17.6 Å². The Morgan fingerprint density at radius 2 is 2.31 bits per heavy atom. The van der Waals surface area contributed by atoms with Crippen LogP contribution < -0.4 is 5.73 Å². The first-order valence-corrected chi connectivity index (χ1v) is 4.05. The highest BCUT2D eigenvalue weighted by atomic mass is 16.5. The topological polar surface area (TPSA) is 65.2 Å². The van der Waals surface area contributed by atoms with E-state index in [-0.39, 0.29) is 5.69 Å². The fraction of sp³-hybridized carbons (Fsp3) is 0.333. The van der Waals surface area contributed by atoms with Crippen molar-refractivity contribution in [2.75, 3.05) is 12.3 Å². The molecule has 0 atom stereocenters. The van der Waals surface area contributed by atoms with E-state index in [1.807, 2.05) is 6.92 Å². The molecule has 0 saturated carbocycles. The highest BCUT2D eigenvalue weighted by Gasteiger charge is 2.08. The molecule has 0 aliphatic rings. The first-order chi connectivity index (χ1) is 6.15. The molecular formula is C9H12N2O2. The van der Waals surface area contributed by atoms with E-state index in [1.165, 1.54) is 0 Å². The Morgan fingerprint density at radius 1 is 1.62 bits per heavy atom. The SMILES string of the molecule is CCOC(=O)c1ccc(C)c(N)n1. The number of hydrogen-bond acceptors (Lipinski definition) is 4. The Morgan fingerprint density at radius 3 is 2.85 bits per heavy atom. The molecule has 0 bridgehead atoms. The van der Waals surface area contributed by atoms with Gasteiger partial charge in [0.1, 0.15) is 5.82 Å². The summed E-state index contributed by atoms with van der Waals surface area (Å²) in [6, 6.07) is 3.35. The molecule has 1 aromatic heterocycles. The van der Waals surface area contributed by atoms with Crippen molar-refractivity contribution in [3.8, 4) is 0 Å². The number of aromatic nitrogens is 1. The van der Waals surface area contributed by atoms with Crippen LogP contribution in [0.4, 0.5) is 5.82 Å². The largest absolute Gasteiger partial charge is 0.461 e. The van der Waals surface area contributed by atoms with Crippen molar-refractivity contribution in [1.29, 1.82) is 0 Å². The molecule has 0 spiro atoms. The van der Waals surface area contributed by atoms with Gasteiger partial charge in [0, 0.05) is 0 Å². The van der Waals surface area contributed by atoms with Crippen LogP contribution in [-0.2, 0) is 4.74 Å². The van der Waals surface area contributed by atoms with Gasteiger partial charge in [-0.15, -0.1) is 0 Å². The predicted octanol–water partition coefficient (Wildman–Crippen LogP) is 1.15. The normalized spacial score (nSPS) is 9.69. The van der Waals surface area contributed by atoms with Gasteiger partial charge in [-0.2, -0.15) is 0 Å². The Balaban J connectivity index is 2.90. The third kappa shape index (κ3) is 2.18. The van der Waals surface area contributed by atoms with E-state index in [9.17, 15) is 4.79 Å². The molecule has 2 N–H and O–H groups in total. The van der Waals surface area contributed by atoms with Crippen LogP contribution in [0.1, 0.15) is 23.0 Å². The van der Waals surface area contributed by atoms with Crippen LogP contribution in [0.3, 0.4) is 0 Å². The van der Waals surface area contributed by atoms with E-state index in [0.29, 0.717) is 12.4 Å². The van der Waals surface area contributed by atoms with Crippen molar-refractivity contribution in [3.05, 3.63) is 23.4 Å². The number of nitrogens with two attached hydrogens (primary N) is 1.